The smallest absolute Gasteiger partial charge is 0.307 e. The van der Waals surface area contributed by atoms with Gasteiger partial charge < -0.3 is 5.11 Å². The second-order valence-electron chi connectivity index (χ2n) is 5.53. The van der Waals surface area contributed by atoms with Crippen molar-refractivity contribution >= 4 is 5.97 Å². The minimum Gasteiger partial charge on any atom is -0.481 e. The van der Waals surface area contributed by atoms with E-state index in [9.17, 15) is 4.79 Å². The van der Waals surface area contributed by atoms with E-state index in [-0.39, 0.29) is 5.92 Å². The second kappa shape index (κ2) is 6.10. The number of piperidine rings is 1. The molecule has 1 atom stereocenters. The number of benzene rings is 1. The molecule has 1 aliphatic rings. The van der Waals surface area contributed by atoms with Crippen LogP contribution in [0.15, 0.2) is 42.7 Å². The summed E-state index contributed by atoms with van der Waals surface area (Å²) in [5.41, 5.74) is 2.22. The molecule has 0 unspecified atom stereocenters. The largest absolute Gasteiger partial charge is 0.481 e. The van der Waals surface area contributed by atoms with Gasteiger partial charge in [0.05, 0.1) is 11.6 Å². The third-order valence-electron chi connectivity index (χ3n) is 3.94. The fraction of sp³-hybridized carbons (Fsp3) is 0.375. The molecule has 0 aliphatic carbocycles. The van der Waals surface area contributed by atoms with Crippen LogP contribution in [0.2, 0.25) is 0 Å². The number of hydrogen-bond donors (Lipinski definition) is 1. The second-order valence-corrected chi connectivity index (χ2v) is 5.53. The van der Waals surface area contributed by atoms with Crippen molar-refractivity contribution in [3.05, 3.63) is 48.3 Å². The van der Waals surface area contributed by atoms with Crippen molar-refractivity contribution in [3.63, 3.8) is 0 Å². The summed E-state index contributed by atoms with van der Waals surface area (Å²) in [6.45, 7) is 2.40. The van der Waals surface area contributed by atoms with Crippen molar-refractivity contribution in [1.29, 1.82) is 0 Å². The summed E-state index contributed by atoms with van der Waals surface area (Å²) in [4.78, 5) is 13.4. The summed E-state index contributed by atoms with van der Waals surface area (Å²) in [7, 11) is 0. The summed E-state index contributed by atoms with van der Waals surface area (Å²) < 4.78 is 1.83. The Hall–Kier alpha value is -2.14. The van der Waals surface area contributed by atoms with Crippen molar-refractivity contribution in [2.75, 3.05) is 13.1 Å². The SMILES string of the molecule is O=C(O)[C@H]1CCCN(Cc2cccc(-n3cccn3)c2)C1. The minimum absolute atomic E-state index is 0.229. The normalized spacial score (nSPS) is 19.5. The minimum atomic E-state index is -0.676. The quantitative estimate of drug-likeness (QED) is 0.935. The molecule has 1 fully saturated rings. The number of carbonyl (C=O) groups is 1. The van der Waals surface area contributed by atoms with Gasteiger partial charge >= 0.3 is 5.97 Å². The lowest BCUT2D eigenvalue weighted by Gasteiger charge is -2.30. The Labute approximate surface area is 123 Å². The van der Waals surface area contributed by atoms with Crippen molar-refractivity contribution in [2.45, 2.75) is 19.4 Å². The predicted octanol–water partition coefficient (Wildman–Crippen LogP) is 2.17. The highest BCUT2D eigenvalue weighted by atomic mass is 16.4. The molecule has 0 spiro atoms. The standard InChI is InChI=1S/C16H19N3O2/c20-16(21)14-5-2-8-18(12-14)11-13-4-1-6-15(10-13)19-9-3-7-17-19/h1,3-4,6-7,9-10,14H,2,5,8,11-12H2,(H,20,21)/t14-/m0/s1. The molecule has 1 aromatic heterocycles. The summed E-state index contributed by atoms with van der Waals surface area (Å²) in [5.74, 6) is -0.905. The van der Waals surface area contributed by atoms with Crippen LogP contribution in [0.4, 0.5) is 0 Å². The molecule has 0 radical (unpaired) electrons. The average molecular weight is 285 g/mol. The van der Waals surface area contributed by atoms with Crippen molar-refractivity contribution in [2.24, 2.45) is 5.92 Å². The number of likely N-dealkylation sites (tertiary alicyclic amines) is 1. The number of carboxylic acids is 1. The maximum atomic E-state index is 11.1. The Morgan fingerprint density at radius 1 is 1.38 bits per heavy atom. The highest BCUT2D eigenvalue weighted by Gasteiger charge is 2.25. The molecule has 2 aromatic rings. The van der Waals surface area contributed by atoms with Gasteiger partial charge in [0.1, 0.15) is 0 Å². The molecule has 5 nitrogen and oxygen atoms in total. The Bertz CT molecular complexity index is 610. The van der Waals surface area contributed by atoms with Crippen LogP contribution in [0.3, 0.4) is 0 Å². The van der Waals surface area contributed by atoms with Gasteiger partial charge in [-0.15, -0.1) is 0 Å². The van der Waals surface area contributed by atoms with Crippen LogP contribution in [0.5, 0.6) is 0 Å². The van der Waals surface area contributed by atoms with Crippen LogP contribution in [-0.2, 0) is 11.3 Å². The van der Waals surface area contributed by atoms with E-state index < -0.39 is 5.97 Å². The highest BCUT2D eigenvalue weighted by molar-refractivity contribution is 5.70. The van der Waals surface area contributed by atoms with E-state index in [1.807, 2.05) is 29.1 Å². The Morgan fingerprint density at radius 3 is 3.05 bits per heavy atom. The van der Waals surface area contributed by atoms with Gasteiger partial charge in [-0.3, -0.25) is 9.69 Å². The van der Waals surface area contributed by atoms with Crippen LogP contribution in [-0.4, -0.2) is 38.8 Å². The van der Waals surface area contributed by atoms with Gasteiger partial charge in [0.2, 0.25) is 0 Å². The van der Waals surface area contributed by atoms with E-state index in [0.717, 1.165) is 31.6 Å². The summed E-state index contributed by atoms with van der Waals surface area (Å²) in [6.07, 6.45) is 5.42. The topological polar surface area (TPSA) is 58.4 Å². The lowest BCUT2D eigenvalue weighted by atomic mass is 9.98. The van der Waals surface area contributed by atoms with Gasteiger partial charge in [0, 0.05) is 25.5 Å². The first-order chi connectivity index (χ1) is 10.2. The van der Waals surface area contributed by atoms with Gasteiger partial charge in [0.15, 0.2) is 0 Å². The van der Waals surface area contributed by atoms with E-state index >= 15 is 0 Å². The molecule has 1 aliphatic heterocycles. The van der Waals surface area contributed by atoms with Crippen molar-refractivity contribution in [3.8, 4) is 5.69 Å². The van der Waals surface area contributed by atoms with E-state index in [1.165, 1.54) is 5.56 Å². The zero-order chi connectivity index (χ0) is 14.7. The molecule has 0 amide bonds. The number of nitrogens with zero attached hydrogens (tertiary/aromatic N) is 3. The number of hydrogen-bond acceptors (Lipinski definition) is 3. The monoisotopic (exact) mass is 285 g/mol. The van der Waals surface area contributed by atoms with Gasteiger partial charge in [-0.1, -0.05) is 12.1 Å². The van der Waals surface area contributed by atoms with Gasteiger partial charge in [-0.05, 0) is 43.1 Å². The van der Waals surface area contributed by atoms with Crippen LogP contribution >= 0.6 is 0 Å². The zero-order valence-corrected chi connectivity index (χ0v) is 11.9. The van der Waals surface area contributed by atoms with Crippen LogP contribution in [0.25, 0.3) is 5.69 Å². The van der Waals surface area contributed by atoms with Gasteiger partial charge in [0.25, 0.3) is 0 Å². The van der Waals surface area contributed by atoms with Crippen LogP contribution in [0, 0.1) is 5.92 Å². The highest BCUT2D eigenvalue weighted by Crippen LogP contribution is 2.19. The molecule has 3 rings (SSSR count). The number of rotatable bonds is 4. The first-order valence-corrected chi connectivity index (χ1v) is 7.26. The van der Waals surface area contributed by atoms with Crippen molar-refractivity contribution < 1.29 is 9.90 Å². The van der Waals surface area contributed by atoms with E-state index in [0.29, 0.717) is 6.54 Å². The summed E-state index contributed by atoms with van der Waals surface area (Å²) in [5, 5.41) is 13.4. The zero-order valence-electron chi connectivity index (χ0n) is 11.9. The van der Waals surface area contributed by atoms with Crippen LogP contribution in [0.1, 0.15) is 18.4 Å². The molecular formula is C16H19N3O2. The first kappa shape index (κ1) is 13.8. The predicted molar refractivity (Wildman–Crippen MR) is 79.2 cm³/mol. The van der Waals surface area contributed by atoms with E-state index in [1.54, 1.807) is 6.20 Å². The Kier molecular flexibility index (Phi) is 4.01. The first-order valence-electron chi connectivity index (χ1n) is 7.26. The molecular weight excluding hydrogens is 266 g/mol. The molecule has 0 bridgehead atoms. The fourth-order valence-electron chi connectivity index (χ4n) is 2.88. The Morgan fingerprint density at radius 2 is 2.29 bits per heavy atom. The summed E-state index contributed by atoms with van der Waals surface area (Å²) >= 11 is 0. The third-order valence-corrected chi connectivity index (χ3v) is 3.94. The Balaban J connectivity index is 1.70. The molecule has 110 valence electrons. The van der Waals surface area contributed by atoms with Crippen molar-refractivity contribution in [1.82, 2.24) is 14.7 Å². The molecule has 1 aromatic carbocycles. The number of aromatic nitrogens is 2. The van der Waals surface area contributed by atoms with E-state index in [4.69, 9.17) is 5.11 Å². The maximum absolute atomic E-state index is 11.1. The number of aliphatic carboxylic acids is 1. The number of carboxylic acid groups (broad SMARTS) is 1. The third kappa shape index (κ3) is 3.31. The van der Waals surface area contributed by atoms with E-state index in [2.05, 4.69) is 22.1 Å². The molecule has 0 saturated carbocycles. The average Bonchev–Trinajstić information content (AvgIpc) is 3.02. The van der Waals surface area contributed by atoms with Crippen LogP contribution < -0.4 is 0 Å². The molecule has 2 heterocycles. The fourth-order valence-corrected chi connectivity index (χ4v) is 2.88. The summed E-state index contributed by atoms with van der Waals surface area (Å²) in [6, 6.07) is 10.1. The lowest BCUT2D eigenvalue weighted by Crippen LogP contribution is -2.38. The molecule has 5 heteroatoms. The maximum Gasteiger partial charge on any atom is 0.307 e. The lowest BCUT2D eigenvalue weighted by molar-refractivity contribution is -0.143. The van der Waals surface area contributed by atoms with Gasteiger partial charge in [-0.25, -0.2) is 4.68 Å². The molecule has 1 saturated heterocycles. The molecule has 21 heavy (non-hydrogen) atoms. The molecule has 1 N–H and O–H groups in total. The van der Waals surface area contributed by atoms with Gasteiger partial charge in [-0.2, -0.15) is 5.10 Å².